The van der Waals surface area contributed by atoms with E-state index in [4.69, 9.17) is 5.73 Å². The Bertz CT molecular complexity index is 361. The number of anilines is 1. The first-order chi connectivity index (χ1) is 8.43. The maximum absolute atomic E-state index is 5.92. The maximum atomic E-state index is 5.92. The zero-order valence-corrected chi connectivity index (χ0v) is 12.5. The van der Waals surface area contributed by atoms with Gasteiger partial charge in [0, 0.05) is 12.2 Å². The first-order valence-electron chi connectivity index (χ1n) is 6.98. The zero-order chi connectivity index (χ0) is 13.7. The SMILES string of the molecule is Cc1c(N)cccc1CNCC(C(C)C)C(C)C. The van der Waals surface area contributed by atoms with Crippen LogP contribution in [0, 0.1) is 24.7 Å². The van der Waals surface area contributed by atoms with E-state index in [9.17, 15) is 0 Å². The summed E-state index contributed by atoms with van der Waals surface area (Å²) in [6, 6.07) is 6.14. The van der Waals surface area contributed by atoms with Crippen molar-refractivity contribution in [3.8, 4) is 0 Å². The first kappa shape index (κ1) is 15.0. The summed E-state index contributed by atoms with van der Waals surface area (Å²) in [4.78, 5) is 0. The predicted octanol–water partition coefficient (Wildman–Crippen LogP) is 3.60. The minimum absolute atomic E-state index is 0.722. The Morgan fingerprint density at radius 3 is 2.28 bits per heavy atom. The van der Waals surface area contributed by atoms with Crippen LogP contribution in [0.2, 0.25) is 0 Å². The van der Waals surface area contributed by atoms with Gasteiger partial charge >= 0.3 is 0 Å². The van der Waals surface area contributed by atoms with E-state index >= 15 is 0 Å². The number of hydrogen-bond acceptors (Lipinski definition) is 2. The molecule has 0 saturated heterocycles. The van der Waals surface area contributed by atoms with Crippen molar-refractivity contribution in [3.05, 3.63) is 29.3 Å². The van der Waals surface area contributed by atoms with E-state index < -0.39 is 0 Å². The Balaban J connectivity index is 2.53. The lowest BCUT2D eigenvalue weighted by Crippen LogP contribution is -2.29. The van der Waals surface area contributed by atoms with E-state index in [1.165, 1.54) is 11.1 Å². The quantitative estimate of drug-likeness (QED) is 0.755. The average Bonchev–Trinajstić information content (AvgIpc) is 2.28. The monoisotopic (exact) mass is 248 g/mol. The molecule has 3 N–H and O–H groups in total. The Kier molecular flexibility index (Phi) is 5.67. The van der Waals surface area contributed by atoms with Gasteiger partial charge in [-0.2, -0.15) is 0 Å². The molecule has 1 aromatic carbocycles. The van der Waals surface area contributed by atoms with Gasteiger partial charge in [0.15, 0.2) is 0 Å². The molecule has 2 heteroatoms. The summed E-state index contributed by atoms with van der Waals surface area (Å²) in [7, 11) is 0. The molecule has 2 nitrogen and oxygen atoms in total. The highest BCUT2D eigenvalue weighted by molar-refractivity contribution is 5.49. The van der Waals surface area contributed by atoms with Gasteiger partial charge in [-0.25, -0.2) is 0 Å². The van der Waals surface area contributed by atoms with Gasteiger partial charge in [0.25, 0.3) is 0 Å². The molecule has 0 radical (unpaired) electrons. The molecule has 0 aliphatic carbocycles. The zero-order valence-electron chi connectivity index (χ0n) is 12.5. The van der Waals surface area contributed by atoms with Crippen LogP contribution >= 0.6 is 0 Å². The number of nitrogen functional groups attached to an aromatic ring is 1. The van der Waals surface area contributed by atoms with Crippen LogP contribution in [0.3, 0.4) is 0 Å². The highest BCUT2D eigenvalue weighted by Crippen LogP contribution is 2.20. The molecular weight excluding hydrogens is 220 g/mol. The lowest BCUT2D eigenvalue weighted by atomic mass is 9.85. The van der Waals surface area contributed by atoms with Crippen LogP contribution in [-0.2, 0) is 6.54 Å². The second kappa shape index (κ2) is 6.79. The van der Waals surface area contributed by atoms with Gasteiger partial charge < -0.3 is 11.1 Å². The van der Waals surface area contributed by atoms with E-state index in [1.54, 1.807) is 0 Å². The molecule has 0 heterocycles. The van der Waals surface area contributed by atoms with E-state index in [1.807, 2.05) is 12.1 Å². The smallest absolute Gasteiger partial charge is 0.0346 e. The van der Waals surface area contributed by atoms with Gasteiger partial charge in [-0.1, -0.05) is 39.8 Å². The van der Waals surface area contributed by atoms with Gasteiger partial charge in [-0.05, 0) is 48.4 Å². The summed E-state index contributed by atoms with van der Waals surface area (Å²) in [6.45, 7) is 13.3. The second-order valence-electron chi connectivity index (χ2n) is 5.91. The van der Waals surface area contributed by atoms with Crippen molar-refractivity contribution in [2.45, 2.75) is 41.2 Å². The Labute approximate surface area is 112 Å². The van der Waals surface area contributed by atoms with Crippen molar-refractivity contribution in [2.24, 2.45) is 17.8 Å². The fourth-order valence-electron chi connectivity index (χ4n) is 2.51. The van der Waals surface area contributed by atoms with Gasteiger partial charge in [0.2, 0.25) is 0 Å². The molecule has 0 fully saturated rings. The molecular formula is C16H28N2. The highest BCUT2D eigenvalue weighted by atomic mass is 14.9. The molecule has 18 heavy (non-hydrogen) atoms. The largest absolute Gasteiger partial charge is 0.399 e. The lowest BCUT2D eigenvalue weighted by Gasteiger charge is -2.25. The number of benzene rings is 1. The predicted molar refractivity (Wildman–Crippen MR) is 80.5 cm³/mol. The van der Waals surface area contributed by atoms with Gasteiger partial charge in [0.1, 0.15) is 0 Å². The topological polar surface area (TPSA) is 38.0 Å². The van der Waals surface area contributed by atoms with Crippen molar-refractivity contribution in [1.82, 2.24) is 5.32 Å². The third-order valence-corrected chi connectivity index (χ3v) is 3.90. The average molecular weight is 248 g/mol. The van der Waals surface area contributed by atoms with Crippen LogP contribution in [-0.4, -0.2) is 6.54 Å². The van der Waals surface area contributed by atoms with Crippen LogP contribution < -0.4 is 11.1 Å². The molecule has 0 spiro atoms. The lowest BCUT2D eigenvalue weighted by molar-refractivity contribution is 0.275. The van der Waals surface area contributed by atoms with E-state index in [0.717, 1.165) is 36.5 Å². The van der Waals surface area contributed by atoms with E-state index in [2.05, 4.69) is 46.0 Å². The molecule has 0 aliphatic rings. The summed E-state index contributed by atoms with van der Waals surface area (Å²) in [5, 5.41) is 3.58. The summed E-state index contributed by atoms with van der Waals surface area (Å²) < 4.78 is 0. The highest BCUT2D eigenvalue weighted by Gasteiger charge is 2.16. The number of nitrogens with two attached hydrogens (primary N) is 1. The van der Waals surface area contributed by atoms with Crippen molar-refractivity contribution in [3.63, 3.8) is 0 Å². The minimum atomic E-state index is 0.722. The van der Waals surface area contributed by atoms with Crippen LogP contribution in [0.25, 0.3) is 0 Å². The van der Waals surface area contributed by atoms with Gasteiger partial charge in [-0.15, -0.1) is 0 Å². The first-order valence-corrected chi connectivity index (χ1v) is 6.98. The molecule has 1 aromatic rings. The maximum Gasteiger partial charge on any atom is 0.0346 e. The second-order valence-corrected chi connectivity index (χ2v) is 5.91. The summed E-state index contributed by atoms with van der Waals surface area (Å²) in [5.41, 5.74) is 9.32. The molecule has 0 unspecified atom stereocenters. The minimum Gasteiger partial charge on any atom is -0.399 e. The Hall–Kier alpha value is -1.02. The normalized spacial score (nSPS) is 11.8. The standard InChI is InChI=1S/C16H28N2/c1-11(2)15(12(3)4)10-18-9-14-7-6-8-16(17)13(14)5/h6-8,11-12,15,18H,9-10,17H2,1-5H3. The molecule has 0 aliphatic heterocycles. The Morgan fingerprint density at radius 1 is 1.11 bits per heavy atom. The third kappa shape index (κ3) is 4.02. The van der Waals surface area contributed by atoms with Gasteiger partial charge in [0.05, 0.1) is 0 Å². The summed E-state index contributed by atoms with van der Waals surface area (Å²) >= 11 is 0. The van der Waals surface area contributed by atoms with E-state index in [0.29, 0.717) is 0 Å². The van der Waals surface area contributed by atoms with Crippen LogP contribution in [0.5, 0.6) is 0 Å². The number of nitrogens with one attached hydrogen (secondary N) is 1. The number of rotatable bonds is 6. The number of hydrogen-bond donors (Lipinski definition) is 2. The van der Waals surface area contributed by atoms with Crippen molar-refractivity contribution >= 4 is 5.69 Å². The molecule has 0 bridgehead atoms. The molecule has 0 saturated carbocycles. The van der Waals surface area contributed by atoms with Crippen LogP contribution in [0.4, 0.5) is 5.69 Å². The summed E-state index contributed by atoms with van der Waals surface area (Å²) in [6.07, 6.45) is 0. The Morgan fingerprint density at radius 2 is 1.72 bits per heavy atom. The third-order valence-electron chi connectivity index (χ3n) is 3.90. The molecule has 1 rings (SSSR count). The fraction of sp³-hybridized carbons (Fsp3) is 0.625. The van der Waals surface area contributed by atoms with E-state index in [-0.39, 0.29) is 0 Å². The van der Waals surface area contributed by atoms with Crippen molar-refractivity contribution in [1.29, 1.82) is 0 Å². The molecule has 0 amide bonds. The van der Waals surface area contributed by atoms with Gasteiger partial charge in [-0.3, -0.25) is 0 Å². The molecule has 0 atom stereocenters. The van der Waals surface area contributed by atoms with Crippen LogP contribution in [0.15, 0.2) is 18.2 Å². The molecule has 102 valence electrons. The van der Waals surface area contributed by atoms with Crippen LogP contribution in [0.1, 0.15) is 38.8 Å². The fourth-order valence-corrected chi connectivity index (χ4v) is 2.51. The molecule has 0 aromatic heterocycles. The van der Waals surface area contributed by atoms with Crippen molar-refractivity contribution in [2.75, 3.05) is 12.3 Å². The van der Waals surface area contributed by atoms with Crippen molar-refractivity contribution < 1.29 is 0 Å². The summed E-state index contributed by atoms with van der Waals surface area (Å²) in [5.74, 6) is 2.17.